The minimum atomic E-state index is -4.54. The molecule has 5 nitrogen and oxygen atoms in total. The van der Waals surface area contributed by atoms with Crippen LogP contribution in [0.4, 0.5) is 18.9 Å². The number of rotatable bonds is 5. The van der Waals surface area contributed by atoms with Gasteiger partial charge in [-0.1, -0.05) is 25.4 Å². The minimum absolute atomic E-state index is 0.108. The smallest absolute Gasteiger partial charge is 0.376 e. The number of anilines is 1. The number of nitrogens with zero attached hydrogens (tertiary/aromatic N) is 2. The number of nitrogens with two attached hydrogens (primary N) is 1. The molecule has 0 saturated carbocycles. The van der Waals surface area contributed by atoms with Crippen LogP contribution < -0.4 is 16.6 Å². The van der Waals surface area contributed by atoms with E-state index < -0.39 is 23.8 Å². The van der Waals surface area contributed by atoms with Crippen LogP contribution in [0.3, 0.4) is 0 Å². The van der Waals surface area contributed by atoms with Gasteiger partial charge in [0.05, 0.1) is 11.9 Å². The summed E-state index contributed by atoms with van der Waals surface area (Å²) >= 11 is 5.85. The second kappa shape index (κ2) is 6.23. The second-order valence-corrected chi connectivity index (χ2v) is 5.73. The Morgan fingerprint density at radius 1 is 1.48 bits per heavy atom. The number of hydrogen-bond acceptors (Lipinski definition) is 4. The van der Waals surface area contributed by atoms with Crippen molar-refractivity contribution in [2.45, 2.75) is 39.0 Å². The molecule has 0 spiro atoms. The topological polar surface area (TPSA) is 72.9 Å². The van der Waals surface area contributed by atoms with Crippen LogP contribution in [0.5, 0.6) is 0 Å². The standard InChI is InChI=1S/C12H18ClF3N4O/c1-7(2)11(3,5-17)19-8-4-18-20(6-12(14,15)16)10(21)9(8)13/h4,7,19H,5-6,17H2,1-3H3. The highest BCUT2D eigenvalue weighted by Gasteiger charge is 2.31. The third-order valence-electron chi connectivity index (χ3n) is 3.43. The van der Waals surface area contributed by atoms with Crippen LogP contribution in [0.15, 0.2) is 11.0 Å². The fourth-order valence-corrected chi connectivity index (χ4v) is 1.77. The molecule has 1 unspecified atom stereocenters. The zero-order valence-electron chi connectivity index (χ0n) is 12.0. The third kappa shape index (κ3) is 4.34. The van der Waals surface area contributed by atoms with Gasteiger partial charge in [-0.25, -0.2) is 4.68 Å². The first-order valence-corrected chi connectivity index (χ1v) is 6.68. The van der Waals surface area contributed by atoms with E-state index in [9.17, 15) is 18.0 Å². The molecule has 0 bridgehead atoms. The number of hydrogen-bond donors (Lipinski definition) is 2. The molecule has 0 saturated heterocycles. The van der Waals surface area contributed by atoms with E-state index in [0.717, 1.165) is 6.20 Å². The van der Waals surface area contributed by atoms with Gasteiger partial charge in [-0.05, 0) is 12.8 Å². The predicted molar refractivity (Wildman–Crippen MR) is 75.5 cm³/mol. The number of nitrogens with one attached hydrogen (secondary N) is 1. The average Bonchev–Trinajstić information content (AvgIpc) is 2.36. The van der Waals surface area contributed by atoms with E-state index in [2.05, 4.69) is 10.4 Å². The maximum atomic E-state index is 12.3. The third-order valence-corrected chi connectivity index (χ3v) is 3.80. The summed E-state index contributed by atoms with van der Waals surface area (Å²) in [6.07, 6.45) is -3.44. The van der Waals surface area contributed by atoms with Crippen molar-refractivity contribution < 1.29 is 13.2 Å². The number of halogens is 4. The van der Waals surface area contributed by atoms with Gasteiger partial charge in [0.25, 0.3) is 5.56 Å². The van der Waals surface area contributed by atoms with Gasteiger partial charge in [0, 0.05) is 12.1 Å². The first-order valence-electron chi connectivity index (χ1n) is 6.31. The molecule has 1 aromatic heterocycles. The average molecular weight is 327 g/mol. The van der Waals surface area contributed by atoms with Gasteiger partial charge in [0.15, 0.2) is 0 Å². The van der Waals surface area contributed by atoms with Crippen molar-refractivity contribution in [3.63, 3.8) is 0 Å². The van der Waals surface area contributed by atoms with Crippen molar-refractivity contribution in [2.75, 3.05) is 11.9 Å². The maximum absolute atomic E-state index is 12.3. The Hall–Kier alpha value is -1.28. The molecule has 120 valence electrons. The fraction of sp³-hybridized carbons (Fsp3) is 0.667. The Morgan fingerprint density at radius 2 is 2.05 bits per heavy atom. The first kappa shape index (κ1) is 17.8. The molecule has 0 aromatic carbocycles. The molecular weight excluding hydrogens is 309 g/mol. The quantitative estimate of drug-likeness (QED) is 0.870. The van der Waals surface area contributed by atoms with E-state index in [1.54, 1.807) is 0 Å². The van der Waals surface area contributed by atoms with Crippen LogP contribution in [0.25, 0.3) is 0 Å². The van der Waals surface area contributed by atoms with Crippen LogP contribution >= 0.6 is 11.6 Å². The highest BCUT2D eigenvalue weighted by atomic mass is 35.5. The van der Waals surface area contributed by atoms with Crippen LogP contribution in [0.2, 0.25) is 5.02 Å². The Bertz CT molecular complexity index is 558. The molecule has 0 aliphatic rings. The van der Waals surface area contributed by atoms with Crippen molar-refractivity contribution in [1.82, 2.24) is 9.78 Å². The lowest BCUT2D eigenvalue weighted by Crippen LogP contribution is -2.47. The van der Waals surface area contributed by atoms with Gasteiger partial charge in [-0.3, -0.25) is 4.79 Å². The van der Waals surface area contributed by atoms with E-state index in [1.807, 2.05) is 20.8 Å². The molecule has 0 amide bonds. The maximum Gasteiger partial charge on any atom is 0.408 e. The molecule has 0 aliphatic heterocycles. The van der Waals surface area contributed by atoms with Crippen molar-refractivity contribution in [2.24, 2.45) is 11.7 Å². The Morgan fingerprint density at radius 3 is 2.48 bits per heavy atom. The van der Waals surface area contributed by atoms with Gasteiger partial charge >= 0.3 is 6.18 Å². The van der Waals surface area contributed by atoms with Crippen LogP contribution in [-0.4, -0.2) is 28.0 Å². The summed E-state index contributed by atoms with van der Waals surface area (Å²) < 4.78 is 37.2. The molecule has 1 atom stereocenters. The van der Waals surface area contributed by atoms with Crippen LogP contribution in [0.1, 0.15) is 20.8 Å². The molecule has 0 fully saturated rings. The van der Waals surface area contributed by atoms with Gasteiger partial charge in [0.2, 0.25) is 0 Å². The van der Waals surface area contributed by atoms with Gasteiger partial charge < -0.3 is 11.1 Å². The molecular formula is C12H18ClF3N4O. The highest BCUT2D eigenvalue weighted by molar-refractivity contribution is 6.32. The summed E-state index contributed by atoms with van der Waals surface area (Å²) in [6.45, 7) is 4.45. The molecule has 0 radical (unpaired) electrons. The van der Waals surface area contributed by atoms with Crippen molar-refractivity contribution in [3.8, 4) is 0 Å². The number of alkyl halides is 3. The van der Waals surface area contributed by atoms with Crippen molar-refractivity contribution in [3.05, 3.63) is 21.6 Å². The highest BCUT2D eigenvalue weighted by Crippen LogP contribution is 2.25. The zero-order valence-corrected chi connectivity index (χ0v) is 12.7. The minimum Gasteiger partial charge on any atom is -0.376 e. The monoisotopic (exact) mass is 326 g/mol. The van der Waals surface area contributed by atoms with E-state index in [0.29, 0.717) is 0 Å². The van der Waals surface area contributed by atoms with E-state index >= 15 is 0 Å². The fourth-order valence-electron chi connectivity index (χ4n) is 1.57. The van der Waals surface area contributed by atoms with Crippen molar-refractivity contribution in [1.29, 1.82) is 0 Å². The lowest BCUT2D eigenvalue weighted by Gasteiger charge is -2.34. The Balaban J connectivity index is 3.14. The molecule has 21 heavy (non-hydrogen) atoms. The second-order valence-electron chi connectivity index (χ2n) is 5.35. The summed E-state index contributed by atoms with van der Waals surface area (Å²) in [5.74, 6) is 0.108. The summed E-state index contributed by atoms with van der Waals surface area (Å²) in [4.78, 5) is 11.8. The lowest BCUT2D eigenvalue weighted by atomic mass is 9.88. The summed E-state index contributed by atoms with van der Waals surface area (Å²) in [7, 11) is 0. The first-order chi connectivity index (χ1) is 9.50. The number of aromatic nitrogens is 2. The van der Waals surface area contributed by atoms with Gasteiger partial charge in [0.1, 0.15) is 11.6 Å². The largest absolute Gasteiger partial charge is 0.408 e. The summed E-state index contributed by atoms with van der Waals surface area (Å²) in [6, 6.07) is 0. The van der Waals surface area contributed by atoms with E-state index in [1.165, 1.54) is 0 Å². The predicted octanol–water partition coefficient (Wildman–Crippen LogP) is 2.24. The molecule has 1 heterocycles. The van der Waals surface area contributed by atoms with Crippen LogP contribution in [-0.2, 0) is 6.54 Å². The Labute approximate surface area is 125 Å². The Kier molecular flexibility index (Phi) is 5.27. The van der Waals surface area contributed by atoms with E-state index in [4.69, 9.17) is 17.3 Å². The molecule has 9 heteroatoms. The van der Waals surface area contributed by atoms with Gasteiger partial charge in [-0.15, -0.1) is 0 Å². The van der Waals surface area contributed by atoms with Crippen LogP contribution in [0, 0.1) is 5.92 Å². The SMILES string of the molecule is CC(C)C(C)(CN)Nc1cnn(CC(F)(F)F)c(=O)c1Cl. The van der Waals surface area contributed by atoms with Gasteiger partial charge in [-0.2, -0.15) is 18.3 Å². The zero-order chi connectivity index (χ0) is 16.4. The summed E-state index contributed by atoms with van der Waals surface area (Å²) in [5, 5.41) is 6.15. The molecule has 1 aromatic rings. The normalized spacial score (nSPS) is 15.1. The summed E-state index contributed by atoms with van der Waals surface area (Å²) in [5.41, 5.74) is 4.31. The molecule has 3 N–H and O–H groups in total. The van der Waals surface area contributed by atoms with E-state index in [-0.39, 0.29) is 27.9 Å². The lowest BCUT2D eigenvalue weighted by molar-refractivity contribution is -0.143. The molecule has 0 aliphatic carbocycles. The molecule has 1 rings (SSSR count). The van der Waals surface area contributed by atoms with Crippen molar-refractivity contribution >= 4 is 17.3 Å².